The number of hydrogen-bond acceptors (Lipinski definition) is 4. The Balaban J connectivity index is 2.79. The van der Waals surface area contributed by atoms with Gasteiger partial charge in [-0.2, -0.15) is 0 Å². The van der Waals surface area contributed by atoms with Crippen LogP contribution in [0.25, 0.3) is 0 Å². The molecule has 1 aromatic heterocycles. The zero-order valence-electron chi connectivity index (χ0n) is 9.78. The lowest BCUT2D eigenvalue weighted by molar-refractivity contribution is 0.248. The van der Waals surface area contributed by atoms with Crippen molar-refractivity contribution in [3.8, 4) is 0 Å². The van der Waals surface area contributed by atoms with Gasteiger partial charge in [-0.15, -0.1) is 0 Å². The summed E-state index contributed by atoms with van der Waals surface area (Å²) in [6.07, 6.45) is 0. The van der Waals surface area contributed by atoms with Crippen molar-refractivity contribution in [1.82, 2.24) is 9.97 Å². The van der Waals surface area contributed by atoms with Crippen molar-refractivity contribution in [2.75, 3.05) is 11.9 Å². The molecule has 0 amide bonds. The lowest BCUT2D eigenvalue weighted by Gasteiger charge is -2.20. The van der Waals surface area contributed by atoms with Gasteiger partial charge in [-0.3, -0.25) is 0 Å². The highest BCUT2D eigenvalue weighted by atomic mass is 16.3. The SMILES string of the molecule is Cc1cc(C)nc(NC(CO)C(C)C)n1. The van der Waals surface area contributed by atoms with Crippen molar-refractivity contribution < 1.29 is 5.11 Å². The standard InChI is InChI=1S/C11H19N3O/c1-7(2)10(6-15)14-11-12-8(3)5-9(4)13-11/h5,7,10,15H,6H2,1-4H3,(H,12,13,14). The van der Waals surface area contributed by atoms with Crippen molar-refractivity contribution >= 4 is 5.95 Å². The van der Waals surface area contributed by atoms with E-state index in [1.807, 2.05) is 19.9 Å². The maximum atomic E-state index is 9.18. The van der Waals surface area contributed by atoms with E-state index in [9.17, 15) is 5.11 Å². The van der Waals surface area contributed by atoms with E-state index in [0.29, 0.717) is 11.9 Å². The normalized spacial score (nSPS) is 12.9. The summed E-state index contributed by atoms with van der Waals surface area (Å²) in [5.41, 5.74) is 1.87. The van der Waals surface area contributed by atoms with Crippen molar-refractivity contribution in [2.45, 2.75) is 33.7 Å². The maximum absolute atomic E-state index is 9.18. The number of aryl methyl sites for hydroxylation is 2. The number of nitrogens with one attached hydrogen (secondary N) is 1. The molecule has 0 saturated carbocycles. The first kappa shape index (κ1) is 11.9. The third-order valence-electron chi connectivity index (χ3n) is 2.30. The molecule has 0 aromatic carbocycles. The molecular weight excluding hydrogens is 190 g/mol. The number of aliphatic hydroxyl groups excluding tert-OH is 1. The minimum atomic E-state index is 0.00574. The number of rotatable bonds is 4. The van der Waals surface area contributed by atoms with Crippen molar-refractivity contribution in [3.05, 3.63) is 17.5 Å². The Hall–Kier alpha value is -1.16. The number of aromatic nitrogens is 2. The summed E-state index contributed by atoms with van der Waals surface area (Å²) >= 11 is 0. The van der Waals surface area contributed by atoms with Gasteiger partial charge in [-0.05, 0) is 25.8 Å². The molecule has 0 spiro atoms. The molecule has 84 valence electrons. The molecule has 15 heavy (non-hydrogen) atoms. The van der Waals surface area contributed by atoms with Gasteiger partial charge in [-0.1, -0.05) is 13.8 Å². The van der Waals surface area contributed by atoms with Crippen molar-refractivity contribution in [2.24, 2.45) is 5.92 Å². The van der Waals surface area contributed by atoms with Crippen LogP contribution in [0.2, 0.25) is 0 Å². The predicted molar refractivity (Wildman–Crippen MR) is 60.8 cm³/mol. The molecule has 4 nitrogen and oxygen atoms in total. The molecule has 1 heterocycles. The van der Waals surface area contributed by atoms with Crippen LogP contribution in [0.3, 0.4) is 0 Å². The number of aliphatic hydroxyl groups is 1. The third-order valence-corrected chi connectivity index (χ3v) is 2.30. The molecule has 2 N–H and O–H groups in total. The van der Waals surface area contributed by atoms with E-state index in [-0.39, 0.29) is 12.6 Å². The van der Waals surface area contributed by atoms with Gasteiger partial charge in [0.2, 0.25) is 5.95 Å². The number of hydrogen-bond donors (Lipinski definition) is 2. The first-order valence-electron chi connectivity index (χ1n) is 5.22. The summed E-state index contributed by atoms with van der Waals surface area (Å²) in [4.78, 5) is 8.54. The summed E-state index contributed by atoms with van der Waals surface area (Å²) < 4.78 is 0. The van der Waals surface area contributed by atoms with E-state index in [0.717, 1.165) is 11.4 Å². The average molecular weight is 209 g/mol. The highest BCUT2D eigenvalue weighted by molar-refractivity contribution is 5.29. The van der Waals surface area contributed by atoms with E-state index in [4.69, 9.17) is 0 Å². The fraction of sp³-hybridized carbons (Fsp3) is 0.636. The Morgan fingerprint density at radius 3 is 2.20 bits per heavy atom. The summed E-state index contributed by atoms with van der Waals surface area (Å²) in [5, 5.41) is 12.3. The van der Waals surface area contributed by atoms with Crippen LogP contribution in [0.5, 0.6) is 0 Å². The van der Waals surface area contributed by atoms with Crippen LogP contribution >= 0.6 is 0 Å². The van der Waals surface area contributed by atoms with Crippen LogP contribution in [0, 0.1) is 19.8 Å². The topological polar surface area (TPSA) is 58.0 Å². The Morgan fingerprint density at radius 2 is 1.80 bits per heavy atom. The molecule has 0 aliphatic heterocycles. The first-order valence-corrected chi connectivity index (χ1v) is 5.22. The Morgan fingerprint density at radius 1 is 1.27 bits per heavy atom. The van der Waals surface area contributed by atoms with Crippen LogP contribution in [-0.2, 0) is 0 Å². The van der Waals surface area contributed by atoms with E-state index in [1.54, 1.807) is 0 Å². The van der Waals surface area contributed by atoms with E-state index >= 15 is 0 Å². The van der Waals surface area contributed by atoms with Crippen LogP contribution < -0.4 is 5.32 Å². The van der Waals surface area contributed by atoms with Gasteiger partial charge in [0.05, 0.1) is 12.6 Å². The molecule has 1 rings (SSSR count). The van der Waals surface area contributed by atoms with Crippen LogP contribution in [0.15, 0.2) is 6.07 Å². The maximum Gasteiger partial charge on any atom is 0.223 e. The Bertz CT molecular complexity index is 305. The van der Waals surface area contributed by atoms with Gasteiger partial charge < -0.3 is 10.4 Å². The molecule has 1 unspecified atom stereocenters. The molecule has 1 atom stereocenters. The summed E-state index contributed by atoms with van der Waals surface area (Å²) in [6.45, 7) is 8.06. The molecule has 0 radical (unpaired) electrons. The molecular formula is C11H19N3O. The highest BCUT2D eigenvalue weighted by Crippen LogP contribution is 2.09. The molecule has 0 aliphatic rings. The quantitative estimate of drug-likeness (QED) is 0.789. The average Bonchev–Trinajstić information content (AvgIpc) is 2.12. The molecule has 0 aliphatic carbocycles. The lowest BCUT2D eigenvalue weighted by atomic mass is 10.1. The summed E-state index contributed by atoms with van der Waals surface area (Å²) in [6, 6.07) is 1.93. The minimum absolute atomic E-state index is 0.00574. The predicted octanol–water partition coefficient (Wildman–Crippen LogP) is 1.52. The van der Waals surface area contributed by atoms with Gasteiger partial charge in [0.1, 0.15) is 0 Å². The van der Waals surface area contributed by atoms with Gasteiger partial charge in [-0.25, -0.2) is 9.97 Å². The molecule has 0 bridgehead atoms. The molecule has 0 fully saturated rings. The fourth-order valence-electron chi connectivity index (χ4n) is 1.38. The Kier molecular flexibility index (Phi) is 4.03. The van der Waals surface area contributed by atoms with Crippen molar-refractivity contribution in [1.29, 1.82) is 0 Å². The van der Waals surface area contributed by atoms with Gasteiger partial charge in [0.15, 0.2) is 0 Å². The zero-order valence-corrected chi connectivity index (χ0v) is 9.78. The molecule has 1 aromatic rings. The Labute approximate surface area is 90.8 Å². The highest BCUT2D eigenvalue weighted by Gasteiger charge is 2.13. The van der Waals surface area contributed by atoms with Gasteiger partial charge in [0, 0.05) is 11.4 Å². The number of nitrogens with zero attached hydrogens (tertiary/aromatic N) is 2. The monoisotopic (exact) mass is 209 g/mol. The van der Waals surface area contributed by atoms with Crippen LogP contribution in [0.4, 0.5) is 5.95 Å². The fourth-order valence-corrected chi connectivity index (χ4v) is 1.38. The number of anilines is 1. The second-order valence-corrected chi connectivity index (χ2v) is 4.15. The smallest absolute Gasteiger partial charge is 0.223 e. The third kappa shape index (κ3) is 3.47. The summed E-state index contributed by atoms with van der Waals surface area (Å²) in [7, 11) is 0. The van der Waals surface area contributed by atoms with Crippen LogP contribution in [-0.4, -0.2) is 27.7 Å². The van der Waals surface area contributed by atoms with Crippen molar-refractivity contribution in [3.63, 3.8) is 0 Å². The lowest BCUT2D eigenvalue weighted by Crippen LogP contribution is -2.30. The second-order valence-electron chi connectivity index (χ2n) is 4.15. The summed E-state index contributed by atoms with van der Waals surface area (Å²) in [5.74, 6) is 0.944. The first-order chi connectivity index (χ1) is 7.02. The molecule has 0 saturated heterocycles. The van der Waals surface area contributed by atoms with Gasteiger partial charge in [0.25, 0.3) is 0 Å². The zero-order chi connectivity index (χ0) is 11.4. The second kappa shape index (κ2) is 5.07. The minimum Gasteiger partial charge on any atom is -0.394 e. The largest absolute Gasteiger partial charge is 0.394 e. The molecule has 4 heteroatoms. The van der Waals surface area contributed by atoms with E-state index in [1.165, 1.54) is 0 Å². The van der Waals surface area contributed by atoms with E-state index < -0.39 is 0 Å². The van der Waals surface area contributed by atoms with E-state index in [2.05, 4.69) is 29.1 Å². The van der Waals surface area contributed by atoms with Gasteiger partial charge >= 0.3 is 0 Å². The van der Waals surface area contributed by atoms with Crippen LogP contribution in [0.1, 0.15) is 25.2 Å².